The molecule has 6 heteroatoms. The second kappa shape index (κ2) is 7.20. The van der Waals surface area contributed by atoms with Crippen molar-refractivity contribution >= 4 is 32.9 Å². The summed E-state index contributed by atoms with van der Waals surface area (Å²) in [5.41, 5.74) is 4.68. The number of nitrogens with one attached hydrogen (secondary N) is 1. The molecule has 0 fully saturated rings. The van der Waals surface area contributed by atoms with Crippen LogP contribution in [0.3, 0.4) is 0 Å². The van der Waals surface area contributed by atoms with Crippen molar-refractivity contribution in [2.45, 2.75) is 39.8 Å². The number of benzene rings is 1. The van der Waals surface area contributed by atoms with E-state index in [4.69, 9.17) is 4.98 Å². The van der Waals surface area contributed by atoms with Gasteiger partial charge >= 0.3 is 0 Å². The van der Waals surface area contributed by atoms with Gasteiger partial charge < -0.3 is 4.98 Å². The van der Waals surface area contributed by atoms with E-state index in [-0.39, 0.29) is 5.56 Å². The highest BCUT2D eigenvalue weighted by atomic mass is 32.1. The van der Waals surface area contributed by atoms with E-state index in [1.54, 1.807) is 11.3 Å². The average molecular weight is 422 g/mol. The minimum atomic E-state index is -0.0363. The molecule has 1 N–H and O–H groups in total. The topological polar surface area (TPSA) is 49.0 Å². The van der Waals surface area contributed by atoms with Gasteiger partial charge in [0, 0.05) is 27.9 Å². The standard InChI is InChI=1S/C23H23N3OS2/c1-13-4-6-16(7-5-13)20-15(3)29-23-21(20)22(27)24-19(25-23)12-26-10-8-18-17(14(26)2)9-11-28-18/h4-7,9,11,14H,8,10,12H2,1-3H3,(H,24,25,27)/t14-/m1/s1. The van der Waals surface area contributed by atoms with E-state index in [0.717, 1.165) is 39.6 Å². The lowest BCUT2D eigenvalue weighted by atomic mass is 10.0. The predicted octanol–water partition coefficient (Wildman–Crippen LogP) is 5.45. The van der Waals surface area contributed by atoms with Crippen LogP contribution in [-0.4, -0.2) is 21.4 Å². The van der Waals surface area contributed by atoms with Crippen LogP contribution in [0.25, 0.3) is 21.3 Å². The van der Waals surface area contributed by atoms with Crippen molar-refractivity contribution in [3.05, 3.63) is 72.8 Å². The van der Waals surface area contributed by atoms with Crippen LogP contribution in [-0.2, 0) is 13.0 Å². The third-order valence-electron chi connectivity index (χ3n) is 5.88. The summed E-state index contributed by atoms with van der Waals surface area (Å²) >= 11 is 3.46. The molecule has 1 aromatic carbocycles. The Morgan fingerprint density at radius 3 is 2.79 bits per heavy atom. The Bertz CT molecular complexity index is 1250. The quantitative estimate of drug-likeness (QED) is 0.479. The van der Waals surface area contributed by atoms with Gasteiger partial charge in [-0.1, -0.05) is 29.8 Å². The fraction of sp³-hybridized carbons (Fsp3) is 0.304. The third-order valence-corrected chi connectivity index (χ3v) is 7.88. The first-order chi connectivity index (χ1) is 14.0. The molecule has 1 aliphatic rings. The molecule has 29 heavy (non-hydrogen) atoms. The molecule has 4 nitrogen and oxygen atoms in total. The second-order valence-corrected chi connectivity index (χ2v) is 9.99. The maximum Gasteiger partial charge on any atom is 0.260 e. The van der Waals surface area contributed by atoms with E-state index in [9.17, 15) is 4.79 Å². The Kier molecular flexibility index (Phi) is 4.65. The van der Waals surface area contributed by atoms with Crippen molar-refractivity contribution in [2.24, 2.45) is 0 Å². The van der Waals surface area contributed by atoms with Crippen molar-refractivity contribution in [3.63, 3.8) is 0 Å². The van der Waals surface area contributed by atoms with Crippen LogP contribution in [0, 0.1) is 13.8 Å². The Hall–Kier alpha value is -2.28. The molecule has 148 valence electrons. The number of nitrogens with zero attached hydrogens (tertiary/aromatic N) is 2. The van der Waals surface area contributed by atoms with Crippen molar-refractivity contribution in [1.82, 2.24) is 14.9 Å². The lowest BCUT2D eigenvalue weighted by molar-refractivity contribution is 0.186. The van der Waals surface area contributed by atoms with E-state index < -0.39 is 0 Å². The minimum Gasteiger partial charge on any atom is -0.309 e. The maximum absolute atomic E-state index is 13.0. The summed E-state index contributed by atoms with van der Waals surface area (Å²) in [7, 11) is 0. The molecule has 1 aliphatic heterocycles. The molecule has 0 radical (unpaired) electrons. The Labute approximate surface area is 177 Å². The van der Waals surface area contributed by atoms with Gasteiger partial charge in [-0.25, -0.2) is 4.98 Å². The van der Waals surface area contributed by atoms with Gasteiger partial charge in [0.2, 0.25) is 0 Å². The highest BCUT2D eigenvalue weighted by Gasteiger charge is 2.26. The summed E-state index contributed by atoms with van der Waals surface area (Å²) in [5.74, 6) is 0.754. The van der Waals surface area contributed by atoms with Gasteiger partial charge in [-0.3, -0.25) is 9.69 Å². The first-order valence-electron chi connectivity index (χ1n) is 9.91. The number of fused-ring (bicyclic) bond motifs is 2. The Morgan fingerprint density at radius 1 is 1.21 bits per heavy atom. The van der Waals surface area contributed by atoms with Crippen LogP contribution in [0.5, 0.6) is 0 Å². The fourth-order valence-electron chi connectivity index (χ4n) is 4.28. The zero-order chi connectivity index (χ0) is 20.1. The number of hydrogen-bond acceptors (Lipinski definition) is 5. The highest BCUT2D eigenvalue weighted by molar-refractivity contribution is 7.19. The average Bonchev–Trinajstić information content (AvgIpc) is 3.29. The van der Waals surface area contributed by atoms with Crippen molar-refractivity contribution < 1.29 is 0 Å². The molecule has 4 aromatic rings. The molecular formula is C23H23N3OS2. The van der Waals surface area contributed by atoms with Crippen LogP contribution in [0.1, 0.15) is 39.7 Å². The number of thiophene rings is 2. The molecule has 0 aliphatic carbocycles. The first-order valence-corrected chi connectivity index (χ1v) is 11.6. The number of H-pyrrole nitrogens is 1. The molecule has 1 atom stereocenters. The van der Waals surface area contributed by atoms with Crippen LogP contribution < -0.4 is 5.56 Å². The summed E-state index contributed by atoms with van der Waals surface area (Å²) in [5, 5.41) is 2.89. The molecule has 0 saturated carbocycles. The van der Waals surface area contributed by atoms with Crippen molar-refractivity contribution in [3.8, 4) is 11.1 Å². The lowest BCUT2D eigenvalue weighted by Crippen LogP contribution is -2.33. The van der Waals surface area contributed by atoms with Gasteiger partial charge in [0.1, 0.15) is 10.7 Å². The SMILES string of the molecule is Cc1ccc(-c2c(C)sc3nc(CN4CCc5sccc5[C@H]4C)[nH]c(=O)c23)cc1. The second-order valence-electron chi connectivity index (χ2n) is 7.79. The summed E-state index contributed by atoms with van der Waals surface area (Å²) < 4.78 is 0. The van der Waals surface area contributed by atoms with E-state index in [2.05, 4.69) is 66.4 Å². The zero-order valence-corrected chi connectivity index (χ0v) is 18.4. The smallest absolute Gasteiger partial charge is 0.260 e. The summed E-state index contributed by atoms with van der Waals surface area (Å²) in [6.07, 6.45) is 1.07. The largest absolute Gasteiger partial charge is 0.309 e. The monoisotopic (exact) mass is 421 g/mol. The molecular weight excluding hydrogens is 398 g/mol. The Morgan fingerprint density at radius 2 is 2.00 bits per heavy atom. The van der Waals surface area contributed by atoms with Gasteiger partial charge in [-0.2, -0.15) is 0 Å². The third kappa shape index (κ3) is 3.25. The van der Waals surface area contributed by atoms with E-state index in [1.807, 2.05) is 11.3 Å². The van der Waals surface area contributed by atoms with Crippen LogP contribution in [0.15, 0.2) is 40.5 Å². The molecule has 0 spiro atoms. The van der Waals surface area contributed by atoms with Crippen LogP contribution >= 0.6 is 22.7 Å². The van der Waals surface area contributed by atoms with Crippen molar-refractivity contribution in [2.75, 3.05) is 6.54 Å². The zero-order valence-electron chi connectivity index (χ0n) is 16.8. The maximum atomic E-state index is 13.0. The molecule has 4 heterocycles. The van der Waals surface area contributed by atoms with Crippen LogP contribution in [0.4, 0.5) is 0 Å². The predicted molar refractivity (Wildman–Crippen MR) is 122 cm³/mol. The first kappa shape index (κ1) is 18.7. The van der Waals surface area contributed by atoms with Gasteiger partial charge in [0.05, 0.1) is 11.9 Å². The van der Waals surface area contributed by atoms with Gasteiger partial charge in [0.15, 0.2) is 0 Å². The molecule has 0 bridgehead atoms. The summed E-state index contributed by atoms with van der Waals surface area (Å²) in [4.78, 5) is 26.8. The molecule has 5 rings (SSSR count). The van der Waals surface area contributed by atoms with Gasteiger partial charge in [0.25, 0.3) is 5.56 Å². The van der Waals surface area contributed by atoms with E-state index in [0.29, 0.717) is 18.0 Å². The lowest BCUT2D eigenvalue weighted by Gasteiger charge is -2.33. The summed E-state index contributed by atoms with van der Waals surface area (Å²) in [6, 6.07) is 10.9. The van der Waals surface area contributed by atoms with Gasteiger partial charge in [-0.05, 0) is 49.8 Å². The van der Waals surface area contributed by atoms with Gasteiger partial charge in [-0.15, -0.1) is 22.7 Å². The molecule has 0 amide bonds. The van der Waals surface area contributed by atoms with E-state index >= 15 is 0 Å². The highest BCUT2D eigenvalue weighted by Crippen LogP contribution is 2.36. The fourth-order valence-corrected chi connectivity index (χ4v) is 6.30. The molecule has 0 unspecified atom stereocenters. The number of rotatable bonds is 3. The minimum absolute atomic E-state index is 0.0363. The number of hydrogen-bond donors (Lipinski definition) is 1. The normalized spacial score (nSPS) is 17.0. The van der Waals surface area contributed by atoms with Crippen LogP contribution in [0.2, 0.25) is 0 Å². The van der Waals surface area contributed by atoms with E-state index in [1.165, 1.54) is 16.0 Å². The molecule has 3 aromatic heterocycles. The van der Waals surface area contributed by atoms with Crippen molar-refractivity contribution in [1.29, 1.82) is 0 Å². The number of aromatic nitrogens is 2. The summed E-state index contributed by atoms with van der Waals surface area (Å²) in [6.45, 7) is 8.05. The number of aromatic amines is 1. The molecule has 0 saturated heterocycles. The number of aryl methyl sites for hydroxylation is 2. The Balaban J connectivity index is 1.51.